The zero-order chi connectivity index (χ0) is 21.7. The first kappa shape index (κ1) is 21.8. The van der Waals surface area contributed by atoms with E-state index < -0.39 is 12.0 Å². The van der Waals surface area contributed by atoms with Crippen LogP contribution < -0.4 is 18.9 Å². The second-order valence-corrected chi connectivity index (χ2v) is 7.22. The third-order valence-electron chi connectivity index (χ3n) is 5.60. The average molecular weight is 415 g/mol. The number of piperidine rings is 1. The molecule has 0 spiro atoms. The molecule has 1 aliphatic heterocycles. The molecule has 0 saturated carbocycles. The molecule has 7 nitrogen and oxygen atoms in total. The molecular formula is C23H29NO6. The highest BCUT2D eigenvalue weighted by Crippen LogP contribution is 2.44. The van der Waals surface area contributed by atoms with Crippen molar-refractivity contribution in [2.75, 3.05) is 35.0 Å². The van der Waals surface area contributed by atoms with E-state index in [1.54, 1.807) is 34.5 Å². The van der Waals surface area contributed by atoms with Crippen LogP contribution in [-0.2, 0) is 4.79 Å². The van der Waals surface area contributed by atoms with Crippen LogP contribution in [-0.4, -0.2) is 57.0 Å². The third-order valence-corrected chi connectivity index (χ3v) is 5.60. The topological polar surface area (TPSA) is 77.5 Å². The van der Waals surface area contributed by atoms with Crippen LogP contribution >= 0.6 is 0 Å². The number of carbonyl (C=O) groups is 1. The van der Waals surface area contributed by atoms with E-state index in [2.05, 4.69) is 0 Å². The Morgan fingerprint density at radius 3 is 2.30 bits per heavy atom. The molecule has 1 saturated heterocycles. The van der Waals surface area contributed by atoms with E-state index in [1.807, 2.05) is 35.2 Å². The van der Waals surface area contributed by atoms with Crippen LogP contribution in [0.1, 0.15) is 36.4 Å². The van der Waals surface area contributed by atoms with Crippen LogP contribution in [0, 0.1) is 0 Å². The molecule has 0 bridgehead atoms. The van der Waals surface area contributed by atoms with Gasteiger partial charge in [0.05, 0.1) is 34.5 Å². The highest BCUT2D eigenvalue weighted by molar-refractivity contribution is 5.74. The van der Waals surface area contributed by atoms with E-state index in [4.69, 9.17) is 18.9 Å². The summed E-state index contributed by atoms with van der Waals surface area (Å²) in [6.45, 7) is 0.663. The van der Waals surface area contributed by atoms with Crippen LogP contribution in [0.4, 0.5) is 0 Å². The smallest absolute Gasteiger partial charge is 0.320 e. The highest BCUT2D eigenvalue weighted by Gasteiger charge is 2.37. The molecule has 1 heterocycles. The first-order valence-electron chi connectivity index (χ1n) is 9.96. The number of hydrogen-bond acceptors (Lipinski definition) is 6. The lowest BCUT2D eigenvalue weighted by atomic mass is 9.90. The second kappa shape index (κ2) is 9.71. The second-order valence-electron chi connectivity index (χ2n) is 7.22. The van der Waals surface area contributed by atoms with Crippen molar-refractivity contribution in [1.29, 1.82) is 0 Å². The van der Waals surface area contributed by atoms with Gasteiger partial charge >= 0.3 is 5.97 Å². The fourth-order valence-electron chi connectivity index (χ4n) is 4.16. The zero-order valence-corrected chi connectivity index (χ0v) is 17.9. The van der Waals surface area contributed by atoms with Crippen molar-refractivity contribution in [2.24, 2.45) is 0 Å². The number of methoxy groups -OCH3 is 4. The number of carboxylic acid groups (broad SMARTS) is 1. The molecule has 7 heteroatoms. The maximum absolute atomic E-state index is 12.1. The van der Waals surface area contributed by atoms with Gasteiger partial charge in [0.25, 0.3) is 0 Å². The normalized spacial score (nSPS) is 17.8. The summed E-state index contributed by atoms with van der Waals surface area (Å²) in [5.41, 5.74) is 1.74. The molecule has 1 aliphatic rings. The molecule has 2 unspecified atom stereocenters. The van der Waals surface area contributed by atoms with E-state index in [-0.39, 0.29) is 6.04 Å². The Morgan fingerprint density at radius 1 is 0.967 bits per heavy atom. The minimum atomic E-state index is -0.818. The van der Waals surface area contributed by atoms with Gasteiger partial charge in [-0.25, -0.2) is 0 Å². The molecule has 1 fully saturated rings. The molecule has 3 rings (SSSR count). The molecule has 0 amide bonds. The maximum atomic E-state index is 12.1. The van der Waals surface area contributed by atoms with Crippen LogP contribution in [0.3, 0.4) is 0 Å². The number of rotatable bonds is 8. The van der Waals surface area contributed by atoms with Gasteiger partial charge in [-0.05, 0) is 43.1 Å². The van der Waals surface area contributed by atoms with Crippen molar-refractivity contribution < 1.29 is 28.8 Å². The van der Waals surface area contributed by atoms with Crippen molar-refractivity contribution in [1.82, 2.24) is 4.90 Å². The van der Waals surface area contributed by atoms with Crippen molar-refractivity contribution in [3.63, 3.8) is 0 Å². The van der Waals surface area contributed by atoms with E-state index in [1.165, 1.54) is 0 Å². The van der Waals surface area contributed by atoms with Gasteiger partial charge in [-0.2, -0.15) is 0 Å². The van der Waals surface area contributed by atoms with Gasteiger partial charge in [-0.1, -0.05) is 18.6 Å². The summed E-state index contributed by atoms with van der Waals surface area (Å²) in [4.78, 5) is 14.1. The van der Waals surface area contributed by atoms with E-state index in [9.17, 15) is 9.90 Å². The molecule has 0 aromatic heterocycles. The Balaban J connectivity index is 2.22. The standard InChI is InChI=1S/C23H29NO6/c1-27-16-9-7-8-15(12-16)22(24-11-6-5-10-18(24)23(25)26)17-13-20(29-3)21(30-4)14-19(17)28-2/h7-9,12-14,18,22H,5-6,10-11H2,1-4H3,(H,25,26). The summed E-state index contributed by atoms with van der Waals surface area (Å²) < 4.78 is 22.1. The lowest BCUT2D eigenvalue weighted by Crippen LogP contribution is -2.46. The van der Waals surface area contributed by atoms with E-state index in [0.717, 1.165) is 24.0 Å². The number of likely N-dealkylation sites (tertiary alicyclic amines) is 1. The lowest BCUT2D eigenvalue weighted by Gasteiger charge is -2.40. The van der Waals surface area contributed by atoms with Crippen LogP contribution in [0.15, 0.2) is 36.4 Å². The Hall–Kier alpha value is -2.93. The van der Waals surface area contributed by atoms with Gasteiger partial charge in [0.2, 0.25) is 0 Å². The minimum Gasteiger partial charge on any atom is -0.497 e. The number of aliphatic carboxylic acids is 1. The van der Waals surface area contributed by atoms with Crippen LogP contribution in [0.5, 0.6) is 23.0 Å². The Morgan fingerprint density at radius 2 is 1.67 bits per heavy atom. The molecule has 2 aromatic carbocycles. The summed E-state index contributed by atoms with van der Waals surface area (Å²) in [7, 11) is 6.36. The molecule has 2 atom stereocenters. The molecule has 2 aromatic rings. The van der Waals surface area contributed by atoms with Crippen LogP contribution in [0.25, 0.3) is 0 Å². The Labute approximate surface area is 177 Å². The monoisotopic (exact) mass is 415 g/mol. The fraction of sp³-hybridized carbons (Fsp3) is 0.435. The largest absolute Gasteiger partial charge is 0.497 e. The summed E-state index contributed by atoms with van der Waals surface area (Å²) in [5, 5.41) is 9.92. The minimum absolute atomic E-state index is 0.351. The summed E-state index contributed by atoms with van der Waals surface area (Å²) in [6.07, 6.45) is 2.42. The molecule has 0 radical (unpaired) electrons. The fourth-order valence-corrected chi connectivity index (χ4v) is 4.16. The zero-order valence-electron chi connectivity index (χ0n) is 17.9. The number of nitrogens with zero attached hydrogens (tertiary/aromatic N) is 1. The summed E-state index contributed by atoms with van der Waals surface area (Å²) in [6, 6.07) is 10.4. The lowest BCUT2D eigenvalue weighted by molar-refractivity contribution is -0.145. The molecule has 0 aliphatic carbocycles. The van der Waals surface area contributed by atoms with E-state index >= 15 is 0 Å². The summed E-state index contributed by atoms with van der Waals surface area (Å²) >= 11 is 0. The van der Waals surface area contributed by atoms with Gasteiger partial charge in [0, 0.05) is 11.6 Å². The number of benzene rings is 2. The van der Waals surface area contributed by atoms with Crippen molar-refractivity contribution >= 4 is 5.97 Å². The van der Waals surface area contributed by atoms with Crippen molar-refractivity contribution in [3.05, 3.63) is 47.5 Å². The third kappa shape index (κ3) is 4.31. The molecule has 162 valence electrons. The first-order valence-corrected chi connectivity index (χ1v) is 9.96. The predicted octanol–water partition coefficient (Wildman–Crippen LogP) is 3.75. The number of hydrogen-bond donors (Lipinski definition) is 1. The maximum Gasteiger partial charge on any atom is 0.320 e. The quantitative estimate of drug-likeness (QED) is 0.704. The Bertz CT molecular complexity index is 884. The Kier molecular flexibility index (Phi) is 7.05. The van der Waals surface area contributed by atoms with Gasteiger partial charge < -0.3 is 24.1 Å². The summed E-state index contributed by atoms with van der Waals surface area (Å²) in [5.74, 6) is 1.61. The molecular weight excluding hydrogens is 386 g/mol. The number of ether oxygens (including phenoxy) is 4. The molecule has 1 N–H and O–H groups in total. The van der Waals surface area contributed by atoms with Gasteiger partial charge in [0.15, 0.2) is 11.5 Å². The molecule has 30 heavy (non-hydrogen) atoms. The van der Waals surface area contributed by atoms with Crippen molar-refractivity contribution in [2.45, 2.75) is 31.3 Å². The SMILES string of the molecule is COc1cccc(C(c2cc(OC)c(OC)cc2OC)N2CCCCC2C(=O)O)c1. The van der Waals surface area contributed by atoms with E-state index in [0.29, 0.717) is 36.0 Å². The first-order chi connectivity index (χ1) is 14.5. The predicted molar refractivity (Wildman–Crippen MR) is 113 cm³/mol. The van der Waals surface area contributed by atoms with Crippen molar-refractivity contribution in [3.8, 4) is 23.0 Å². The van der Waals surface area contributed by atoms with Crippen LogP contribution in [0.2, 0.25) is 0 Å². The highest BCUT2D eigenvalue weighted by atomic mass is 16.5. The average Bonchev–Trinajstić information content (AvgIpc) is 2.79. The van der Waals surface area contributed by atoms with Gasteiger partial charge in [-0.15, -0.1) is 0 Å². The number of carboxylic acids is 1. The van der Waals surface area contributed by atoms with Gasteiger partial charge in [-0.3, -0.25) is 9.69 Å². The van der Waals surface area contributed by atoms with Gasteiger partial charge in [0.1, 0.15) is 17.5 Å².